The molecule has 0 unspecified atom stereocenters. The largest absolute Gasteiger partial charge is 0.364 e. The predicted octanol–water partition coefficient (Wildman–Crippen LogP) is 2.47. The molecular formula is C13H14N2O2S. The molecule has 0 saturated carbocycles. The molecule has 0 aliphatic rings. The number of hydrogen-bond acceptors (Lipinski definition) is 4. The third kappa shape index (κ3) is 3.37. The Hall–Kier alpha value is -1.75. The molecule has 5 heteroatoms. The summed E-state index contributed by atoms with van der Waals surface area (Å²) in [6, 6.07) is 9.72. The number of thioether (sulfide) groups is 1. The number of nitrogens with one attached hydrogen (secondary N) is 1. The van der Waals surface area contributed by atoms with Crippen molar-refractivity contribution in [2.75, 3.05) is 6.26 Å². The molecule has 0 aliphatic carbocycles. The number of hydrogen-bond donors (Lipinski definition) is 1. The number of carbonyl (C=O) groups is 1. The van der Waals surface area contributed by atoms with Crippen molar-refractivity contribution in [3.05, 3.63) is 53.4 Å². The van der Waals surface area contributed by atoms with Gasteiger partial charge >= 0.3 is 0 Å². The molecule has 0 saturated heterocycles. The Balaban J connectivity index is 1.93. The number of benzene rings is 1. The fourth-order valence-electron chi connectivity index (χ4n) is 1.60. The van der Waals surface area contributed by atoms with Crippen LogP contribution in [0.15, 0.2) is 41.1 Å². The number of aromatic nitrogens is 1. The first kappa shape index (κ1) is 12.7. The Morgan fingerprint density at radius 3 is 2.94 bits per heavy atom. The summed E-state index contributed by atoms with van der Waals surface area (Å²) < 4.78 is 4.63. The van der Waals surface area contributed by atoms with Crippen LogP contribution in [-0.4, -0.2) is 17.3 Å². The molecule has 2 aromatic rings. The second-order valence-electron chi connectivity index (χ2n) is 3.82. The van der Waals surface area contributed by atoms with E-state index in [0.717, 1.165) is 11.3 Å². The molecule has 1 aromatic heterocycles. The van der Waals surface area contributed by atoms with Crippen LogP contribution in [0.3, 0.4) is 0 Å². The summed E-state index contributed by atoms with van der Waals surface area (Å²) in [6.07, 6.45) is 3.45. The SMILES string of the molecule is CSCc1cccc(CNC(=O)c2ccon2)c1. The summed E-state index contributed by atoms with van der Waals surface area (Å²) in [6.45, 7) is 0.494. The van der Waals surface area contributed by atoms with Gasteiger partial charge in [0.1, 0.15) is 6.26 Å². The normalized spacial score (nSPS) is 10.3. The van der Waals surface area contributed by atoms with E-state index in [0.29, 0.717) is 12.2 Å². The molecule has 1 heterocycles. The molecule has 94 valence electrons. The maximum absolute atomic E-state index is 11.7. The van der Waals surface area contributed by atoms with Crippen molar-refractivity contribution >= 4 is 17.7 Å². The quantitative estimate of drug-likeness (QED) is 0.899. The van der Waals surface area contributed by atoms with Gasteiger partial charge in [-0.15, -0.1) is 0 Å². The van der Waals surface area contributed by atoms with E-state index in [4.69, 9.17) is 0 Å². The average molecular weight is 262 g/mol. The van der Waals surface area contributed by atoms with Gasteiger partial charge in [-0.1, -0.05) is 29.4 Å². The third-order valence-corrected chi connectivity index (χ3v) is 3.05. The van der Waals surface area contributed by atoms with Crippen molar-refractivity contribution in [3.8, 4) is 0 Å². The minimum atomic E-state index is -0.223. The van der Waals surface area contributed by atoms with Gasteiger partial charge < -0.3 is 9.84 Å². The summed E-state index contributed by atoms with van der Waals surface area (Å²) in [4.78, 5) is 11.7. The Labute approximate surface area is 110 Å². The first-order chi connectivity index (χ1) is 8.79. The number of amides is 1. The highest BCUT2D eigenvalue weighted by molar-refractivity contribution is 7.97. The molecule has 1 N–H and O–H groups in total. The van der Waals surface area contributed by atoms with E-state index in [1.54, 1.807) is 17.8 Å². The maximum Gasteiger partial charge on any atom is 0.273 e. The van der Waals surface area contributed by atoms with Gasteiger partial charge in [-0.05, 0) is 17.4 Å². The third-order valence-electron chi connectivity index (χ3n) is 2.43. The van der Waals surface area contributed by atoms with Gasteiger partial charge in [0.2, 0.25) is 0 Å². The molecule has 0 fully saturated rings. The van der Waals surface area contributed by atoms with Crippen LogP contribution in [0.25, 0.3) is 0 Å². The molecule has 2 rings (SSSR count). The fourth-order valence-corrected chi connectivity index (χ4v) is 2.11. The molecule has 4 nitrogen and oxygen atoms in total. The second-order valence-corrected chi connectivity index (χ2v) is 4.69. The number of rotatable bonds is 5. The van der Waals surface area contributed by atoms with Gasteiger partial charge in [0.15, 0.2) is 5.69 Å². The Bertz CT molecular complexity index is 511. The van der Waals surface area contributed by atoms with Crippen LogP contribution >= 0.6 is 11.8 Å². The van der Waals surface area contributed by atoms with Crippen molar-refractivity contribution in [3.63, 3.8) is 0 Å². The van der Waals surface area contributed by atoms with E-state index in [1.165, 1.54) is 11.8 Å². The summed E-state index contributed by atoms with van der Waals surface area (Å²) in [5.41, 5.74) is 2.64. The zero-order valence-electron chi connectivity index (χ0n) is 10.1. The van der Waals surface area contributed by atoms with Gasteiger partial charge in [0.25, 0.3) is 5.91 Å². The summed E-state index contributed by atoms with van der Waals surface area (Å²) in [7, 11) is 0. The highest BCUT2D eigenvalue weighted by Gasteiger charge is 2.07. The van der Waals surface area contributed by atoms with Crippen LogP contribution in [0.1, 0.15) is 21.6 Å². The van der Waals surface area contributed by atoms with Crippen LogP contribution in [0.5, 0.6) is 0 Å². The van der Waals surface area contributed by atoms with Crippen molar-refractivity contribution in [2.24, 2.45) is 0 Å². The molecule has 18 heavy (non-hydrogen) atoms. The van der Waals surface area contributed by atoms with E-state index in [-0.39, 0.29) is 5.91 Å². The van der Waals surface area contributed by atoms with Crippen LogP contribution in [0, 0.1) is 0 Å². The lowest BCUT2D eigenvalue weighted by molar-refractivity contribution is 0.0942. The maximum atomic E-state index is 11.7. The zero-order valence-corrected chi connectivity index (χ0v) is 10.9. The number of nitrogens with zero attached hydrogens (tertiary/aromatic N) is 1. The minimum Gasteiger partial charge on any atom is -0.364 e. The van der Waals surface area contributed by atoms with Gasteiger partial charge in [-0.2, -0.15) is 11.8 Å². The van der Waals surface area contributed by atoms with Gasteiger partial charge in [-0.3, -0.25) is 4.79 Å². The minimum absolute atomic E-state index is 0.223. The lowest BCUT2D eigenvalue weighted by atomic mass is 10.1. The monoisotopic (exact) mass is 262 g/mol. The van der Waals surface area contributed by atoms with Crippen molar-refractivity contribution < 1.29 is 9.32 Å². The standard InChI is InChI=1S/C13H14N2O2S/c1-18-9-11-4-2-3-10(7-11)8-14-13(16)12-5-6-17-15-12/h2-7H,8-9H2,1H3,(H,14,16). The lowest BCUT2D eigenvalue weighted by Crippen LogP contribution is -2.23. The Morgan fingerprint density at radius 2 is 2.22 bits per heavy atom. The van der Waals surface area contributed by atoms with Crippen molar-refractivity contribution in [1.82, 2.24) is 10.5 Å². The van der Waals surface area contributed by atoms with Gasteiger partial charge in [0, 0.05) is 18.4 Å². The summed E-state index contributed by atoms with van der Waals surface area (Å²) in [5.74, 6) is 0.754. The van der Waals surface area contributed by atoms with Crippen molar-refractivity contribution in [2.45, 2.75) is 12.3 Å². The predicted molar refractivity (Wildman–Crippen MR) is 71.3 cm³/mol. The Kier molecular flexibility index (Phi) is 4.41. The fraction of sp³-hybridized carbons (Fsp3) is 0.231. The van der Waals surface area contributed by atoms with E-state index < -0.39 is 0 Å². The molecule has 0 bridgehead atoms. The molecule has 0 aliphatic heterocycles. The topological polar surface area (TPSA) is 55.1 Å². The molecular weight excluding hydrogens is 248 g/mol. The molecule has 0 atom stereocenters. The first-order valence-electron chi connectivity index (χ1n) is 5.55. The molecule has 0 spiro atoms. The highest BCUT2D eigenvalue weighted by atomic mass is 32.2. The second kappa shape index (κ2) is 6.26. The Morgan fingerprint density at radius 1 is 1.39 bits per heavy atom. The van der Waals surface area contributed by atoms with Gasteiger partial charge in [0.05, 0.1) is 0 Å². The highest BCUT2D eigenvalue weighted by Crippen LogP contribution is 2.11. The lowest BCUT2D eigenvalue weighted by Gasteiger charge is -2.05. The van der Waals surface area contributed by atoms with Crippen LogP contribution < -0.4 is 5.32 Å². The van der Waals surface area contributed by atoms with E-state index >= 15 is 0 Å². The van der Waals surface area contributed by atoms with Gasteiger partial charge in [-0.25, -0.2) is 0 Å². The molecule has 1 amide bonds. The molecule has 1 aromatic carbocycles. The molecule has 0 radical (unpaired) electrons. The zero-order chi connectivity index (χ0) is 12.8. The van der Waals surface area contributed by atoms with E-state index in [2.05, 4.69) is 33.4 Å². The van der Waals surface area contributed by atoms with Crippen LogP contribution in [0.2, 0.25) is 0 Å². The first-order valence-corrected chi connectivity index (χ1v) is 6.94. The summed E-state index contributed by atoms with van der Waals surface area (Å²) in [5, 5.41) is 6.39. The van der Waals surface area contributed by atoms with E-state index in [9.17, 15) is 4.79 Å². The summed E-state index contributed by atoms with van der Waals surface area (Å²) >= 11 is 1.78. The average Bonchev–Trinajstić information content (AvgIpc) is 2.91. The van der Waals surface area contributed by atoms with Crippen LogP contribution in [-0.2, 0) is 12.3 Å². The van der Waals surface area contributed by atoms with Crippen molar-refractivity contribution in [1.29, 1.82) is 0 Å². The smallest absolute Gasteiger partial charge is 0.273 e. The number of carbonyl (C=O) groups excluding carboxylic acids is 1. The van der Waals surface area contributed by atoms with Crippen LogP contribution in [0.4, 0.5) is 0 Å². The van der Waals surface area contributed by atoms with E-state index in [1.807, 2.05) is 12.1 Å².